The van der Waals surface area contributed by atoms with Gasteiger partial charge in [0.15, 0.2) is 11.5 Å². The zero-order valence-electron chi connectivity index (χ0n) is 14.1. The number of ether oxygens (including phenoxy) is 3. The van der Waals surface area contributed by atoms with Crippen LogP contribution in [0.4, 0.5) is 0 Å². The second-order valence-electron chi connectivity index (χ2n) is 5.89. The van der Waals surface area contributed by atoms with E-state index in [2.05, 4.69) is 9.71 Å². The molecular weight excluding hydrogens is 356 g/mol. The van der Waals surface area contributed by atoms with Crippen LogP contribution in [0.1, 0.15) is 5.56 Å². The minimum atomic E-state index is -3.62. The Kier molecular flexibility index (Phi) is 4.21. The second-order valence-corrected chi connectivity index (χ2v) is 7.66. The quantitative estimate of drug-likeness (QED) is 0.692. The zero-order valence-corrected chi connectivity index (χ0v) is 14.9. The Hall–Kier alpha value is -2.71. The third-order valence-electron chi connectivity index (χ3n) is 4.32. The fourth-order valence-corrected chi connectivity index (χ4v) is 3.99. The summed E-state index contributed by atoms with van der Waals surface area (Å²) in [6.45, 7) is 0.386. The van der Waals surface area contributed by atoms with E-state index < -0.39 is 10.0 Å². The van der Waals surface area contributed by atoms with E-state index in [4.69, 9.17) is 14.2 Å². The predicted octanol–water partition coefficient (Wildman–Crippen LogP) is 2.43. The number of rotatable bonds is 6. The van der Waals surface area contributed by atoms with Gasteiger partial charge in [0.2, 0.25) is 16.8 Å². The van der Waals surface area contributed by atoms with Crippen LogP contribution in [0.25, 0.3) is 10.9 Å². The van der Waals surface area contributed by atoms with Crippen LogP contribution in [0.2, 0.25) is 0 Å². The molecule has 2 heterocycles. The van der Waals surface area contributed by atoms with Crippen LogP contribution < -0.4 is 18.9 Å². The van der Waals surface area contributed by atoms with Crippen molar-refractivity contribution in [2.45, 2.75) is 11.3 Å². The third-order valence-corrected chi connectivity index (χ3v) is 5.77. The molecule has 0 saturated carbocycles. The lowest BCUT2D eigenvalue weighted by molar-refractivity contribution is 0.174. The van der Waals surface area contributed by atoms with Gasteiger partial charge in [-0.1, -0.05) is 0 Å². The lowest BCUT2D eigenvalue weighted by atomic mass is 10.1. The van der Waals surface area contributed by atoms with E-state index in [0.29, 0.717) is 17.9 Å². The van der Waals surface area contributed by atoms with Crippen molar-refractivity contribution in [3.05, 3.63) is 48.2 Å². The fraction of sp³-hybridized carbons (Fsp3) is 0.222. The Morgan fingerprint density at radius 2 is 2.00 bits per heavy atom. The van der Waals surface area contributed by atoms with Gasteiger partial charge in [-0.3, -0.25) is 0 Å². The number of nitrogens with one attached hydrogen (secondary N) is 2. The molecule has 0 atom stereocenters. The van der Waals surface area contributed by atoms with Crippen molar-refractivity contribution in [1.29, 1.82) is 0 Å². The molecule has 0 bridgehead atoms. The van der Waals surface area contributed by atoms with Crippen molar-refractivity contribution in [3.63, 3.8) is 0 Å². The van der Waals surface area contributed by atoms with Gasteiger partial charge in [-0.15, -0.1) is 0 Å². The summed E-state index contributed by atoms with van der Waals surface area (Å²) in [5.41, 5.74) is 2.01. The summed E-state index contributed by atoms with van der Waals surface area (Å²) in [7, 11) is -2.00. The Labute approximate surface area is 150 Å². The number of aromatic amines is 1. The maximum absolute atomic E-state index is 12.5. The number of fused-ring (bicyclic) bond motifs is 2. The van der Waals surface area contributed by atoms with Gasteiger partial charge < -0.3 is 19.2 Å². The van der Waals surface area contributed by atoms with Gasteiger partial charge in [0.25, 0.3) is 0 Å². The molecular formula is C18H18N2O5S. The maximum atomic E-state index is 12.5. The summed E-state index contributed by atoms with van der Waals surface area (Å²) in [5, 5.41) is 1.02. The molecule has 0 amide bonds. The van der Waals surface area contributed by atoms with Crippen molar-refractivity contribution in [2.75, 3.05) is 20.4 Å². The molecule has 0 aliphatic carbocycles. The van der Waals surface area contributed by atoms with E-state index in [1.54, 1.807) is 13.2 Å². The van der Waals surface area contributed by atoms with Crippen molar-refractivity contribution < 1.29 is 22.6 Å². The summed E-state index contributed by atoms with van der Waals surface area (Å²) in [5.74, 6) is 1.76. The van der Waals surface area contributed by atoms with Gasteiger partial charge in [-0.25, -0.2) is 13.1 Å². The first-order chi connectivity index (χ1) is 12.6. The molecule has 1 aliphatic heterocycles. The van der Waals surface area contributed by atoms with E-state index in [1.807, 2.05) is 24.4 Å². The molecule has 1 aliphatic rings. The van der Waals surface area contributed by atoms with Crippen LogP contribution in [0.5, 0.6) is 17.2 Å². The van der Waals surface area contributed by atoms with E-state index >= 15 is 0 Å². The number of hydrogen-bond donors (Lipinski definition) is 2. The first kappa shape index (κ1) is 16.7. The standard InChI is InChI=1S/C18H18N2O5S/c1-23-13-2-4-16-15(8-13)12(10-19-16)6-7-20-26(21,22)14-3-5-17-18(9-14)25-11-24-17/h2-5,8-10,19-20H,6-7,11H2,1H3. The van der Waals surface area contributed by atoms with Crippen LogP contribution in [-0.2, 0) is 16.4 Å². The van der Waals surface area contributed by atoms with Crippen molar-refractivity contribution in [2.24, 2.45) is 0 Å². The Bertz CT molecular complexity index is 1060. The van der Waals surface area contributed by atoms with Gasteiger partial charge in [0.05, 0.1) is 12.0 Å². The van der Waals surface area contributed by atoms with Crippen molar-refractivity contribution in [3.8, 4) is 17.2 Å². The molecule has 7 nitrogen and oxygen atoms in total. The van der Waals surface area contributed by atoms with Gasteiger partial charge in [-0.05, 0) is 42.3 Å². The number of aromatic nitrogens is 1. The summed E-state index contributed by atoms with van der Waals surface area (Å²) < 4.78 is 43.3. The second kappa shape index (κ2) is 6.54. The van der Waals surface area contributed by atoms with Gasteiger partial charge >= 0.3 is 0 Å². The first-order valence-corrected chi connectivity index (χ1v) is 9.58. The summed E-state index contributed by atoms with van der Waals surface area (Å²) in [6, 6.07) is 10.3. The topological polar surface area (TPSA) is 89.7 Å². The smallest absolute Gasteiger partial charge is 0.240 e. The first-order valence-electron chi connectivity index (χ1n) is 8.10. The van der Waals surface area contributed by atoms with Gasteiger partial charge in [0.1, 0.15) is 5.75 Å². The van der Waals surface area contributed by atoms with E-state index in [0.717, 1.165) is 22.2 Å². The molecule has 8 heteroatoms. The lowest BCUT2D eigenvalue weighted by Crippen LogP contribution is -2.25. The average Bonchev–Trinajstić information content (AvgIpc) is 3.27. The highest BCUT2D eigenvalue weighted by Crippen LogP contribution is 2.33. The molecule has 136 valence electrons. The van der Waals surface area contributed by atoms with Crippen molar-refractivity contribution in [1.82, 2.24) is 9.71 Å². The molecule has 0 fully saturated rings. The van der Waals surface area contributed by atoms with Crippen LogP contribution in [-0.4, -0.2) is 33.8 Å². The van der Waals surface area contributed by atoms with Crippen LogP contribution in [0.3, 0.4) is 0 Å². The minimum absolute atomic E-state index is 0.107. The van der Waals surface area contributed by atoms with E-state index in [9.17, 15) is 8.42 Å². The number of H-pyrrole nitrogens is 1. The largest absolute Gasteiger partial charge is 0.497 e. The number of hydrogen-bond acceptors (Lipinski definition) is 5. The van der Waals surface area contributed by atoms with E-state index in [-0.39, 0.29) is 18.2 Å². The van der Waals surface area contributed by atoms with E-state index in [1.165, 1.54) is 12.1 Å². The SMILES string of the molecule is COc1ccc2[nH]cc(CCNS(=O)(=O)c3ccc4c(c3)OCO4)c2c1. The van der Waals surface area contributed by atoms with Crippen LogP contribution >= 0.6 is 0 Å². The highest BCUT2D eigenvalue weighted by Gasteiger charge is 2.20. The summed E-state index contributed by atoms with van der Waals surface area (Å²) in [6.07, 6.45) is 2.44. The Morgan fingerprint density at radius 3 is 2.85 bits per heavy atom. The highest BCUT2D eigenvalue weighted by atomic mass is 32.2. The normalized spacial score (nSPS) is 13.3. The Morgan fingerprint density at radius 1 is 1.15 bits per heavy atom. The van der Waals surface area contributed by atoms with Gasteiger partial charge in [-0.2, -0.15) is 0 Å². The van der Waals surface area contributed by atoms with Crippen molar-refractivity contribution >= 4 is 20.9 Å². The molecule has 0 spiro atoms. The Balaban J connectivity index is 1.47. The molecule has 3 aromatic rings. The molecule has 4 rings (SSSR count). The summed E-state index contributed by atoms with van der Waals surface area (Å²) >= 11 is 0. The lowest BCUT2D eigenvalue weighted by Gasteiger charge is -2.07. The monoisotopic (exact) mass is 374 g/mol. The third kappa shape index (κ3) is 3.09. The minimum Gasteiger partial charge on any atom is -0.497 e. The molecule has 1 aromatic heterocycles. The zero-order chi connectivity index (χ0) is 18.1. The summed E-state index contributed by atoms with van der Waals surface area (Å²) in [4.78, 5) is 3.34. The molecule has 0 saturated heterocycles. The molecule has 0 unspecified atom stereocenters. The molecule has 2 N–H and O–H groups in total. The van der Waals surface area contributed by atoms with Gasteiger partial charge in [0, 0.05) is 29.7 Å². The van der Waals surface area contributed by atoms with Crippen LogP contribution in [0.15, 0.2) is 47.5 Å². The molecule has 2 aromatic carbocycles. The highest BCUT2D eigenvalue weighted by molar-refractivity contribution is 7.89. The molecule has 0 radical (unpaired) electrons. The fourth-order valence-electron chi connectivity index (χ4n) is 2.94. The number of benzene rings is 2. The maximum Gasteiger partial charge on any atom is 0.240 e. The average molecular weight is 374 g/mol. The molecule has 26 heavy (non-hydrogen) atoms. The van der Waals surface area contributed by atoms with Crippen LogP contribution in [0, 0.1) is 0 Å². The number of sulfonamides is 1. The number of methoxy groups -OCH3 is 1. The predicted molar refractivity (Wildman–Crippen MR) is 96.3 cm³/mol.